The Morgan fingerprint density at radius 3 is 2.08 bits per heavy atom. The summed E-state index contributed by atoms with van der Waals surface area (Å²) in [5.74, 6) is 0. The van der Waals surface area contributed by atoms with Crippen LogP contribution in [0.2, 0.25) is 0 Å². The highest BCUT2D eigenvalue weighted by atomic mass is 19.4. The van der Waals surface area contributed by atoms with Gasteiger partial charge in [0.05, 0.1) is 0 Å². The minimum Gasteiger partial charge on any atom is -0.367 e. The maximum absolute atomic E-state index is 12.3. The maximum atomic E-state index is 12.3. The van der Waals surface area contributed by atoms with Crippen molar-refractivity contribution < 1.29 is 17.9 Å². The van der Waals surface area contributed by atoms with Gasteiger partial charge >= 0.3 is 6.18 Å². The Morgan fingerprint density at radius 2 is 1.69 bits per heavy atom. The third kappa shape index (κ3) is 2.45. The molecule has 0 saturated heterocycles. The van der Waals surface area contributed by atoms with Gasteiger partial charge in [-0.3, -0.25) is 0 Å². The van der Waals surface area contributed by atoms with E-state index < -0.39 is 12.3 Å². The highest BCUT2D eigenvalue weighted by Crippen LogP contribution is 2.34. The first-order chi connectivity index (χ1) is 6.05. The lowest BCUT2D eigenvalue weighted by Gasteiger charge is -2.18. The van der Waals surface area contributed by atoms with Crippen LogP contribution in [0, 0.1) is 0 Å². The van der Waals surface area contributed by atoms with E-state index in [4.69, 9.17) is 0 Å². The summed E-state index contributed by atoms with van der Waals surface area (Å²) in [6.45, 7) is 0. The summed E-state index contributed by atoms with van der Waals surface area (Å²) < 4.78 is 41.2. The number of halogens is 3. The average Bonchev–Trinajstić information content (AvgIpc) is 2.05. The fourth-order valence-electron chi connectivity index (χ4n) is 1.09. The Kier molecular flexibility index (Phi) is 2.93. The molecule has 13 heavy (non-hydrogen) atoms. The molecule has 0 aliphatic rings. The van der Waals surface area contributed by atoms with Crippen LogP contribution in [0.3, 0.4) is 0 Å². The number of hydrogen-bond acceptors (Lipinski definition) is 1. The predicted octanol–water partition coefficient (Wildman–Crippen LogP) is 2.94. The Balaban J connectivity index is 2.92. The highest BCUT2D eigenvalue weighted by molar-refractivity contribution is 5.18. The van der Waals surface area contributed by atoms with Crippen molar-refractivity contribution in [3.8, 4) is 0 Å². The van der Waals surface area contributed by atoms with Crippen molar-refractivity contribution in [3.05, 3.63) is 35.9 Å². The fraction of sp³-hybridized carbons (Fsp3) is 0.333. The van der Waals surface area contributed by atoms with Gasteiger partial charge in [0.1, 0.15) is 0 Å². The van der Waals surface area contributed by atoms with E-state index >= 15 is 0 Å². The number of ether oxygens (including phenoxy) is 1. The normalized spacial score (nSPS) is 14.2. The molecule has 0 radical (unpaired) electrons. The van der Waals surface area contributed by atoms with Gasteiger partial charge in [-0.15, -0.1) is 0 Å². The molecule has 0 aliphatic heterocycles. The minimum absolute atomic E-state index is 0.123. The molecule has 1 aromatic carbocycles. The molecule has 0 unspecified atom stereocenters. The van der Waals surface area contributed by atoms with E-state index in [2.05, 4.69) is 4.74 Å². The first-order valence-corrected chi connectivity index (χ1v) is 3.70. The van der Waals surface area contributed by atoms with E-state index in [0.29, 0.717) is 0 Å². The van der Waals surface area contributed by atoms with Crippen molar-refractivity contribution >= 4 is 0 Å². The molecule has 0 aliphatic carbocycles. The number of hydrogen-bond donors (Lipinski definition) is 0. The van der Waals surface area contributed by atoms with E-state index in [-0.39, 0.29) is 5.56 Å². The molecule has 0 N–H and O–H groups in total. The average molecular weight is 190 g/mol. The molecule has 0 amide bonds. The van der Waals surface area contributed by atoms with Gasteiger partial charge in [0.25, 0.3) is 0 Å². The van der Waals surface area contributed by atoms with Crippen LogP contribution in [-0.4, -0.2) is 13.3 Å². The van der Waals surface area contributed by atoms with Crippen molar-refractivity contribution in [2.75, 3.05) is 7.11 Å². The number of methoxy groups -OCH3 is 1. The molecular weight excluding hydrogens is 181 g/mol. The lowest BCUT2D eigenvalue weighted by atomic mass is 10.1. The molecule has 0 spiro atoms. The van der Waals surface area contributed by atoms with Crippen LogP contribution in [0.25, 0.3) is 0 Å². The van der Waals surface area contributed by atoms with Crippen LogP contribution < -0.4 is 0 Å². The zero-order valence-electron chi connectivity index (χ0n) is 7.01. The molecule has 4 heteroatoms. The quantitative estimate of drug-likeness (QED) is 0.696. The Bertz CT molecular complexity index is 255. The molecule has 0 fully saturated rings. The lowest BCUT2D eigenvalue weighted by Crippen LogP contribution is -2.22. The molecule has 72 valence electrons. The summed E-state index contributed by atoms with van der Waals surface area (Å²) >= 11 is 0. The summed E-state index contributed by atoms with van der Waals surface area (Å²) in [5.41, 5.74) is 0.123. The van der Waals surface area contributed by atoms with Crippen LogP contribution in [-0.2, 0) is 4.74 Å². The van der Waals surface area contributed by atoms with Crippen LogP contribution in [0.5, 0.6) is 0 Å². The molecule has 0 heterocycles. The molecule has 1 aromatic rings. The van der Waals surface area contributed by atoms with Crippen LogP contribution in [0.1, 0.15) is 11.7 Å². The van der Waals surface area contributed by atoms with Crippen LogP contribution in [0.4, 0.5) is 13.2 Å². The molecule has 1 atom stereocenters. The molecule has 1 nitrogen and oxygen atoms in total. The maximum Gasteiger partial charge on any atom is 0.418 e. The third-order valence-corrected chi connectivity index (χ3v) is 1.64. The molecular formula is C9H9F3O. The zero-order chi connectivity index (χ0) is 9.90. The standard InChI is InChI=1S/C9H9F3O/c1-13-8(9(10,11)12)7-5-3-2-4-6-7/h2-6,8H,1H3/t8-/m1/s1. The van der Waals surface area contributed by atoms with E-state index in [1.807, 2.05) is 0 Å². The van der Waals surface area contributed by atoms with Crippen molar-refractivity contribution in [2.24, 2.45) is 0 Å². The van der Waals surface area contributed by atoms with Gasteiger partial charge < -0.3 is 4.74 Å². The van der Waals surface area contributed by atoms with Gasteiger partial charge in [0, 0.05) is 7.11 Å². The summed E-state index contributed by atoms with van der Waals surface area (Å²) in [5, 5.41) is 0. The van der Waals surface area contributed by atoms with E-state index in [1.165, 1.54) is 12.1 Å². The molecule has 0 bridgehead atoms. The minimum atomic E-state index is -4.35. The molecule has 1 rings (SSSR count). The van der Waals surface area contributed by atoms with Crippen molar-refractivity contribution in [3.63, 3.8) is 0 Å². The zero-order valence-corrected chi connectivity index (χ0v) is 7.01. The van der Waals surface area contributed by atoms with Gasteiger partial charge in [-0.25, -0.2) is 0 Å². The van der Waals surface area contributed by atoms with E-state index in [0.717, 1.165) is 7.11 Å². The van der Waals surface area contributed by atoms with Gasteiger partial charge in [0.15, 0.2) is 6.10 Å². The SMILES string of the molecule is CO[C@H](c1ccccc1)C(F)(F)F. The van der Waals surface area contributed by atoms with Gasteiger partial charge in [-0.2, -0.15) is 13.2 Å². The van der Waals surface area contributed by atoms with Crippen molar-refractivity contribution in [1.82, 2.24) is 0 Å². The van der Waals surface area contributed by atoms with Crippen molar-refractivity contribution in [2.45, 2.75) is 12.3 Å². The summed E-state index contributed by atoms with van der Waals surface area (Å²) in [7, 11) is 1.05. The second kappa shape index (κ2) is 3.79. The smallest absolute Gasteiger partial charge is 0.367 e. The van der Waals surface area contributed by atoms with Crippen molar-refractivity contribution in [1.29, 1.82) is 0 Å². The van der Waals surface area contributed by atoms with Gasteiger partial charge in [0.2, 0.25) is 0 Å². The summed E-state index contributed by atoms with van der Waals surface area (Å²) in [6, 6.07) is 7.54. The van der Waals surface area contributed by atoms with Crippen LogP contribution in [0.15, 0.2) is 30.3 Å². The number of benzene rings is 1. The van der Waals surface area contributed by atoms with E-state index in [1.54, 1.807) is 18.2 Å². The monoisotopic (exact) mass is 190 g/mol. The largest absolute Gasteiger partial charge is 0.418 e. The Hall–Kier alpha value is -1.03. The first kappa shape index (κ1) is 10.1. The predicted molar refractivity (Wildman–Crippen MR) is 42.2 cm³/mol. The highest BCUT2D eigenvalue weighted by Gasteiger charge is 2.40. The summed E-state index contributed by atoms with van der Waals surface area (Å²) in [6.07, 6.45) is -6.18. The van der Waals surface area contributed by atoms with E-state index in [9.17, 15) is 13.2 Å². The number of rotatable bonds is 2. The second-order valence-corrected chi connectivity index (χ2v) is 2.57. The Morgan fingerprint density at radius 1 is 1.15 bits per heavy atom. The topological polar surface area (TPSA) is 9.23 Å². The Labute approximate surface area is 74.1 Å². The van der Waals surface area contributed by atoms with Gasteiger partial charge in [-0.05, 0) is 5.56 Å². The number of alkyl halides is 3. The fourth-order valence-corrected chi connectivity index (χ4v) is 1.09. The summed E-state index contributed by atoms with van der Waals surface area (Å²) in [4.78, 5) is 0. The third-order valence-electron chi connectivity index (χ3n) is 1.64. The first-order valence-electron chi connectivity index (χ1n) is 3.70. The van der Waals surface area contributed by atoms with Crippen LogP contribution >= 0.6 is 0 Å². The lowest BCUT2D eigenvalue weighted by molar-refractivity contribution is -0.215. The second-order valence-electron chi connectivity index (χ2n) is 2.57. The van der Waals surface area contributed by atoms with Gasteiger partial charge in [-0.1, -0.05) is 30.3 Å². The molecule has 0 saturated carbocycles. The molecule has 0 aromatic heterocycles.